The fourth-order valence-corrected chi connectivity index (χ4v) is 4.68. The molecule has 1 unspecified atom stereocenters. The molecule has 0 bridgehead atoms. The number of amides is 1. The first kappa shape index (κ1) is 19.0. The summed E-state index contributed by atoms with van der Waals surface area (Å²) in [5, 5.41) is -0.318. The van der Waals surface area contributed by atoms with Crippen LogP contribution in [0.5, 0.6) is 11.5 Å². The Kier molecular flexibility index (Phi) is 5.72. The summed E-state index contributed by atoms with van der Waals surface area (Å²) in [6.45, 7) is 0.0589. The van der Waals surface area contributed by atoms with E-state index >= 15 is 0 Å². The molecule has 1 aliphatic heterocycles. The maximum absolute atomic E-state index is 14.0. The fraction of sp³-hybridized carbons (Fsp3) is 0.278. The molecule has 2 aromatic rings. The minimum atomic E-state index is -0.667. The van der Waals surface area contributed by atoms with Gasteiger partial charge in [-0.15, -0.1) is 11.8 Å². The van der Waals surface area contributed by atoms with Gasteiger partial charge in [0.15, 0.2) is 11.5 Å². The van der Waals surface area contributed by atoms with Crippen molar-refractivity contribution in [1.29, 1.82) is 0 Å². The Morgan fingerprint density at radius 2 is 1.88 bits per heavy atom. The molecule has 0 spiro atoms. The van der Waals surface area contributed by atoms with Crippen LogP contribution in [-0.2, 0) is 11.3 Å². The molecule has 1 amide bonds. The van der Waals surface area contributed by atoms with Gasteiger partial charge < -0.3 is 14.4 Å². The van der Waals surface area contributed by atoms with Crippen LogP contribution in [0.2, 0.25) is 0 Å². The molecule has 1 heterocycles. The number of carbonyl (C=O) groups excluding carboxylic acids is 1. The number of hydrogen-bond donors (Lipinski definition) is 0. The maximum Gasteiger partial charge on any atom is 0.234 e. The van der Waals surface area contributed by atoms with Crippen molar-refractivity contribution < 1.29 is 23.0 Å². The van der Waals surface area contributed by atoms with Gasteiger partial charge in [0.2, 0.25) is 5.91 Å². The van der Waals surface area contributed by atoms with Crippen LogP contribution in [0.25, 0.3) is 0 Å². The van der Waals surface area contributed by atoms with E-state index in [0.717, 1.165) is 16.1 Å². The third-order valence-corrected chi connectivity index (χ3v) is 6.02. The van der Waals surface area contributed by atoms with Crippen LogP contribution in [0, 0.1) is 11.6 Å². The molecular weight excluding hydrogens is 428 g/mol. The van der Waals surface area contributed by atoms with Crippen molar-refractivity contribution in [3.63, 3.8) is 0 Å². The van der Waals surface area contributed by atoms with E-state index in [1.807, 2.05) is 0 Å². The summed E-state index contributed by atoms with van der Waals surface area (Å²) in [5.74, 6) is -0.0289. The zero-order chi connectivity index (χ0) is 18.8. The van der Waals surface area contributed by atoms with E-state index in [1.54, 1.807) is 24.1 Å². The van der Waals surface area contributed by atoms with Crippen LogP contribution in [0.3, 0.4) is 0 Å². The van der Waals surface area contributed by atoms with E-state index in [2.05, 4.69) is 15.9 Å². The third kappa shape index (κ3) is 3.66. The van der Waals surface area contributed by atoms with E-state index in [-0.39, 0.29) is 29.1 Å². The van der Waals surface area contributed by atoms with Crippen LogP contribution in [0.15, 0.2) is 34.8 Å². The zero-order valence-corrected chi connectivity index (χ0v) is 16.5. The second-order valence-electron chi connectivity index (χ2n) is 5.65. The van der Waals surface area contributed by atoms with Gasteiger partial charge in [-0.3, -0.25) is 4.79 Å². The topological polar surface area (TPSA) is 38.8 Å². The summed E-state index contributed by atoms with van der Waals surface area (Å²) in [7, 11) is 3.08. The Morgan fingerprint density at radius 1 is 1.19 bits per heavy atom. The molecule has 138 valence electrons. The monoisotopic (exact) mass is 443 g/mol. The van der Waals surface area contributed by atoms with Gasteiger partial charge in [-0.1, -0.05) is 22.0 Å². The second-order valence-corrected chi connectivity index (χ2v) is 7.57. The molecule has 3 rings (SSSR count). The van der Waals surface area contributed by atoms with Crippen molar-refractivity contribution in [1.82, 2.24) is 4.90 Å². The summed E-state index contributed by atoms with van der Waals surface area (Å²) in [6.07, 6.45) is 0. The average Bonchev–Trinajstić information content (AvgIpc) is 2.97. The average molecular weight is 444 g/mol. The van der Waals surface area contributed by atoms with Crippen LogP contribution in [-0.4, -0.2) is 30.8 Å². The molecule has 0 radical (unpaired) electrons. The first-order valence-electron chi connectivity index (χ1n) is 7.71. The zero-order valence-electron chi connectivity index (χ0n) is 14.1. The predicted octanol–water partition coefficient (Wildman–Crippen LogP) is 4.52. The minimum absolute atomic E-state index is 0.0589. The molecule has 4 nitrogen and oxygen atoms in total. The standard InChI is InChI=1S/C18H16BrF2NO3S/c1-24-15-6-12(13(19)7-16(15)25-2)18-22(17(23)9-26-18)8-10-3-4-11(20)5-14(10)21/h3-7,18H,8-9H2,1-2H3. The molecule has 0 aliphatic carbocycles. The summed E-state index contributed by atoms with van der Waals surface area (Å²) < 4.78 is 38.5. The van der Waals surface area contributed by atoms with Crippen LogP contribution >= 0.6 is 27.7 Å². The maximum atomic E-state index is 14.0. The number of hydrogen-bond acceptors (Lipinski definition) is 4. The van der Waals surface area contributed by atoms with Crippen molar-refractivity contribution >= 4 is 33.6 Å². The highest BCUT2D eigenvalue weighted by atomic mass is 79.9. The first-order chi connectivity index (χ1) is 12.4. The van der Waals surface area contributed by atoms with Gasteiger partial charge in [-0.05, 0) is 18.2 Å². The van der Waals surface area contributed by atoms with Gasteiger partial charge in [0.05, 0.1) is 20.0 Å². The number of ether oxygens (including phenoxy) is 2. The lowest BCUT2D eigenvalue weighted by Crippen LogP contribution is -2.28. The number of thioether (sulfide) groups is 1. The second kappa shape index (κ2) is 7.84. The quantitative estimate of drug-likeness (QED) is 0.680. The molecule has 1 saturated heterocycles. The van der Waals surface area contributed by atoms with Crippen molar-refractivity contribution in [3.05, 3.63) is 57.6 Å². The molecule has 0 N–H and O–H groups in total. The van der Waals surface area contributed by atoms with Gasteiger partial charge in [-0.25, -0.2) is 8.78 Å². The molecule has 2 aromatic carbocycles. The number of halogens is 3. The SMILES string of the molecule is COc1cc(Br)c(C2SCC(=O)N2Cc2ccc(F)cc2F)cc1OC. The van der Waals surface area contributed by atoms with Crippen LogP contribution < -0.4 is 9.47 Å². The Bertz CT molecular complexity index is 849. The van der Waals surface area contributed by atoms with E-state index in [9.17, 15) is 13.6 Å². The lowest BCUT2D eigenvalue weighted by molar-refractivity contribution is -0.128. The number of nitrogens with zero attached hydrogens (tertiary/aromatic N) is 1. The molecule has 26 heavy (non-hydrogen) atoms. The number of carbonyl (C=O) groups is 1. The lowest BCUT2D eigenvalue weighted by atomic mass is 10.1. The van der Waals surface area contributed by atoms with Gasteiger partial charge in [0.25, 0.3) is 0 Å². The number of methoxy groups -OCH3 is 2. The van der Waals surface area contributed by atoms with E-state index in [1.165, 1.54) is 31.0 Å². The van der Waals surface area contributed by atoms with Crippen LogP contribution in [0.4, 0.5) is 8.78 Å². The van der Waals surface area contributed by atoms with E-state index in [4.69, 9.17) is 9.47 Å². The highest BCUT2D eigenvalue weighted by molar-refractivity contribution is 9.10. The number of benzene rings is 2. The molecule has 1 atom stereocenters. The molecule has 1 fully saturated rings. The Labute approximate surface area is 162 Å². The predicted molar refractivity (Wildman–Crippen MR) is 99.4 cm³/mol. The van der Waals surface area contributed by atoms with E-state index in [0.29, 0.717) is 11.5 Å². The van der Waals surface area contributed by atoms with Gasteiger partial charge >= 0.3 is 0 Å². The first-order valence-corrected chi connectivity index (χ1v) is 9.55. The molecule has 0 aromatic heterocycles. The largest absolute Gasteiger partial charge is 0.493 e. The van der Waals surface area contributed by atoms with Gasteiger partial charge in [0, 0.05) is 28.2 Å². The van der Waals surface area contributed by atoms with Crippen LogP contribution in [0.1, 0.15) is 16.5 Å². The highest BCUT2D eigenvalue weighted by Crippen LogP contribution is 2.45. The van der Waals surface area contributed by atoms with Crippen molar-refractivity contribution in [2.24, 2.45) is 0 Å². The molecule has 1 aliphatic rings. The van der Waals surface area contributed by atoms with Gasteiger partial charge in [-0.2, -0.15) is 0 Å². The highest BCUT2D eigenvalue weighted by Gasteiger charge is 2.35. The molecule has 8 heteroatoms. The Hall–Kier alpha value is -1.80. The summed E-state index contributed by atoms with van der Waals surface area (Å²) >= 11 is 4.95. The lowest BCUT2D eigenvalue weighted by Gasteiger charge is -2.26. The van der Waals surface area contributed by atoms with Crippen molar-refractivity contribution in [2.75, 3.05) is 20.0 Å². The fourth-order valence-electron chi connectivity index (χ4n) is 2.78. The summed E-state index contributed by atoms with van der Waals surface area (Å²) in [6, 6.07) is 6.95. The summed E-state index contributed by atoms with van der Waals surface area (Å²) in [4.78, 5) is 13.9. The van der Waals surface area contributed by atoms with E-state index < -0.39 is 11.6 Å². The third-order valence-electron chi connectivity index (χ3n) is 4.09. The number of rotatable bonds is 5. The molecule has 0 saturated carbocycles. The minimum Gasteiger partial charge on any atom is -0.493 e. The summed E-state index contributed by atoms with van der Waals surface area (Å²) in [5.41, 5.74) is 1.09. The molecular formula is C18H16BrF2NO3S. The smallest absolute Gasteiger partial charge is 0.234 e. The van der Waals surface area contributed by atoms with Crippen molar-refractivity contribution in [3.8, 4) is 11.5 Å². The van der Waals surface area contributed by atoms with Crippen molar-refractivity contribution in [2.45, 2.75) is 11.9 Å². The van der Waals surface area contributed by atoms with Gasteiger partial charge in [0.1, 0.15) is 17.0 Å². The normalized spacial score (nSPS) is 16.9. The Balaban J connectivity index is 1.95. The Morgan fingerprint density at radius 3 is 2.54 bits per heavy atom.